The van der Waals surface area contributed by atoms with E-state index in [-0.39, 0.29) is 0 Å². The number of hydrogen-bond donors (Lipinski definition) is 0. The van der Waals surface area contributed by atoms with Crippen LogP contribution in [0.15, 0.2) is 91.0 Å². The third kappa shape index (κ3) is 6.95. The van der Waals surface area contributed by atoms with Gasteiger partial charge in [0.1, 0.15) is 0 Å². The summed E-state index contributed by atoms with van der Waals surface area (Å²) < 4.78 is 0. The Bertz CT molecular complexity index is 1250. The summed E-state index contributed by atoms with van der Waals surface area (Å²) in [5.74, 6) is 0.552. The molecule has 35 heavy (non-hydrogen) atoms. The van der Waals surface area contributed by atoms with Crippen LogP contribution in [0.4, 0.5) is 0 Å². The summed E-state index contributed by atoms with van der Waals surface area (Å²) in [6, 6.07) is 34.0. The van der Waals surface area contributed by atoms with E-state index >= 15 is 0 Å². The predicted octanol–water partition coefficient (Wildman–Crippen LogP) is 8.92. The Hall–Kier alpha value is -3.12. The SMILES string of the molecule is Cc1cccc(CCc2ccccc2CC[C@H](C)c2ccccc2CCc2ccc(C)c(C)c2)c1. The van der Waals surface area contributed by atoms with E-state index in [2.05, 4.69) is 119 Å². The lowest BCUT2D eigenvalue weighted by molar-refractivity contribution is 0.667. The van der Waals surface area contributed by atoms with Crippen LogP contribution in [0.25, 0.3) is 0 Å². The van der Waals surface area contributed by atoms with E-state index in [9.17, 15) is 0 Å². The number of benzene rings is 4. The predicted molar refractivity (Wildman–Crippen MR) is 152 cm³/mol. The van der Waals surface area contributed by atoms with Crippen LogP contribution in [0, 0.1) is 20.8 Å². The van der Waals surface area contributed by atoms with Crippen molar-refractivity contribution >= 4 is 0 Å². The summed E-state index contributed by atoms with van der Waals surface area (Å²) in [6.45, 7) is 8.99. The van der Waals surface area contributed by atoms with Gasteiger partial charge in [-0.2, -0.15) is 0 Å². The van der Waals surface area contributed by atoms with Crippen molar-refractivity contribution in [2.45, 2.75) is 72.1 Å². The monoisotopic (exact) mass is 460 g/mol. The molecule has 0 radical (unpaired) electrons. The van der Waals surface area contributed by atoms with Crippen molar-refractivity contribution < 1.29 is 0 Å². The first-order valence-corrected chi connectivity index (χ1v) is 13.3. The molecule has 0 heteroatoms. The van der Waals surface area contributed by atoms with E-state index in [1.54, 1.807) is 0 Å². The first-order chi connectivity index (χ1) is 17.0. The molecule has 0 aliphatic carbocycles. The van der Waals surface area contributed by atoms with Crippen molar-refractivity contribution in [2.24, 2.45) is 0 Å². The zero-order valence-electron chi connectivity index (χ0n) is 22.0. The van der Waals surface area contributed by atoms with Crippen LogP contribution < -0.4 is 0 Å². The zero-order chi connectivity index (χ0) is 24.6. The molecule has 0 saturated heterocycles. The molecule has 0 aliphatic rings. The lowest BCUT2D eigenvalue weighted by Crippen LogP contribution is -2.04. The van der Waals surface area contributed by atoms with Gasteiger partial charge in [-0.1, -0.05) is 103 Å². The van der Waals surface area contributed by atoms with E-state index in [1.165, 1.54) is 56.5 Å². The highest BCUT2D eigenvalue weighted by atomic mass is 14.2. The average Bonchev–Trinajstić information content (AvgIpc) is 2.87. The van der Waals surface area contributed by atoms with Crippen molar-refractivity contribution in [2.75, 3.05) is 0 Å². The summed E-state index contributed by atoms with van der Waals surface area (Å²) in [4.78, 5) is 0. The normalized spacial score (nSPS) is 12.0. The first-order valence-electron chi connectivity index (χ1n) is 13.3. The maximum atomic E-state index is 2.41. The molecule has 0 fully saturated rings. The number of rotatable bonds is 10. The van der Waals surface area contributed by atoms with E-state index in [4.69, 9.17) is 0 Å². The summed E-state index contributed by atoms with van der Waals surface area (Å²) in [5, 5.41) is 0. The van der Waals surface area contributed by atoms with Crippen LogP contribution in [-0.2, 0) is 32.1 Å². The van der Waals surface area contributed by atoms with Gasteiger partial charge in [0, 0.05) is 0 Å². The maximum Gasteiger partial charge on any atom is -0.0184 e. The largest absolute Gasteiger partial charge is 0.0620 e. The summed E-state index contributed by atoms with van der Waals surface area (Å²) in [5.41, 5.74) is 13.0. The molecule has 0 aromatic heterocycles. The second kappa shape index (κ2) is 12.0. The second-order valence-electron chi connectivity index (χ2n) is 10.3. The molecule has 4 rings (SSSR count). The molecule has 0 nitrogen and oxygen atoms in total. The molecular weight excluding hydrogens is 420 g/mol. The molecular formula is C35H40. The molecule has 1 atom stereocenters. The second-order valence-corrected chi connectivity index (χ2v) is 10.3. The Labute approximate surface area is 213 Å². The van der Waals surface area contributed by atoms with Crippen LogP contribution in [-0.4, -0.2) is 0 Å². The van der Waals surface area contributed by atoms with Crippen LogP contribution >= 0.6 is 0 Å². The quantitative estimate of drug-likeness (QED) is 0.222. The number of hydrogen-bond acceptors (Lipinski definition) is 0. The fraction of sp³-hybridized carbons (Fsp3) is 0.314. The first kappa shape index (κ1) is 25.0. The van der Waals surface area contributed by atoms with E-state index in [0.29, 0.717) is 5.92 Å². The van der Waals surface area contributed by atoms with Crippen LogP contribution in [0.1, 0.15) is 69.3 Å². The van der Waals surface area contributed by atoms with Gasteiger partial charge in [0.15, 0.2) is 0 Å². The van der Waals surface area contributed by atoms with E-state index in [0.717, 1.165) is 32.1 Å². The van der Waals surface area contributed by atoms with Gasteiger partial charge in [-0.05, 0) is 110 Å². The average molecular weight is 461 g/mol. The van der Waals surface area contributed by atoms with Crippen molar-refractivity contribution in [1.29, 1.82) is 0 Å². The third-order valence-electron chi connectivity index (χ3n) is 7.57. The van der Waals surface area contributed by atoms with Gasteiger partial charge in [-0.25, -0.2) is 0 Å². The molecule has 0 bridgehead atoms. The van der Waals surface area contributed by atoms with Crippen LogP contribution in [0.3, 0.4) is 0 Å². The van der Waals surface area contributed by atoms with Crippen molar-refractivity contribution in [3.05, 3.63) is 141 Å². The molecule has 0 amide bonds. The standard InChI is InChI=1S/C35H40/c1-26-10-9-11-30(24-26)19-22-33-13-6-5-12-32(33)21-17-28(3)35-15-8-7-14-34(35)23-20-31-18-16-27(2)29(4)25-31/h5-16,18,24-25,28H,17,19-23H2,1-4H3/t28-/m0/s1. The minimum atomic E-state index is 0.552. The summed E-state index contributed by atoms with van der Waals surface area (Å²) in [6.07, 6.45) is 6.75. The van der Waals surface area contributed by atoms with Crippen molar-refractivity contribution in [1.82, 2.24) is 0 Å². The molecule has 0 aliphatic heterocycles. The van der Waals surface area contributed by atoms with Gasteiger partial charge >= 0.3 is 0 Å². The lowest BCUT2D eigenvalue weighted by Gasteiger charge is -2.18. The highest BCUT2D eigenvalue weighted by Crippen LogP contribution is 2.27. The lowest BCUT2D eigenvalue weighted by atomic mass is 9.87. The van der Waals surface area contributed by atoms with Gasteiger partial charge < -0.3 is 0 Å². The van der Waals surface area contributed by atoms with Gasteiger partial charge in [-0.15, -0.1) is 0 Å². The maximum absolute atomic E-state index is 2.41. The smallest absolute Gasteiger partial charge is 0.0184 e. The molecule has 0 heterocycles. The highest BCUT2D eigenvalue weighted by molar-refractivity contribution is 5.35. The molecule has 180 valence electrons. The van der Waals surface area contributed by atoms with Crippen LogP contribution in [0.5, 0.6) is 0 Å². The molecule has 0 unspecified atom stereocenters. The fourth-order valence-electron chi connectivity index (χ4n) is 5.20. The van der Waals surface area contributed by atoms with Crippen molar-refractivity contribution in [3.8, 4) is 0 Å². The minimum Gasteiger partial charge on any atom is -0.0620 e. The van der Waals surface area contributed by atoms with Gasteiger partial charge in [0.05, 0.1) is 0 Å². The highest BCUT2D eigenvalue weighted by Gasteiger charge is 2.12. The Kier molecular flexibility index (Phi) is 8.59. The Morgan fingerprint density at radius 2 is 1.14 bits per heavy atom. The van der Waals surface area contributed by atoms with Crippen LogP contribution in [0.2, 0.25) is 0 Å². The molecule has 4 aromatic carbocycles. The topological polar surface area (TPSA) is 0 Å². The van der Waals surface area contributed by atoms with Gasteiger partial charge in [-0.3, -0.25) is 0 Å². The summed E-state index contributed by atoms with van der Waals surface area (Å²) >= 11 is 0. The summed E-state index contributed by atoms with van der Waals surface area (Å²) in [7, 11) is 0. The zero-order valence-corrected chi connectivity index (χ0v) is 22.0. The fourth-order valence-corrected chi connectivity index (χ4v) is 5.20. The minimum absolute atomic E-state index is 0.552. The van der Waals surface area contributed by atoms with Crippen molar-refractivity contribution in [3.63, 3.8) is 0 Å². The molecule has 0 saturated carbocycles. The Morgan fingerprint density at radius 1 is 0.514 bits per heavy atom. The third-order valence-corrected chi connectivity index (χ3v) is 7.57. The molecule has 4 aromatic rings. The molecule has 0 spiro atoms. The van der Waals surface area contributed by atoms with E-state index < -0.39 is 0 Å². The Morgan fingerprint density at radius 3 is 1.86 bits per heavy atom. The molecule has 0 N–H and O–H groups in total. The van der Waals surface area contributed by atoms with Gasteiger partial charge in [0.25, 0.3) is 0 Å². The van der Waals surface area contributed by atoms with Gasteiger partial charge in [0.2, 0.25) is 0 Å². The number of aryl methyl sites for hydroxylation is 8. The Balaban J connectivity index is 1.39. The van der Waals surface area contributed by atoms with E-state index in [1.807, 2.05) is 0 Å².